The predicted octanol–water partition coefficient (Wildman–Crippen LogP) is 2.61. The molecule has 0 amide bonds. The molecule has 0 bridgehead atoms. The van der Waals surface area contributed by atoms with Gasteiger partial charge in [-0.3, -0.25) is 0 Å². The maximum absolute atomic E-state index is 5.20. The average molecular weight is 213 g/mol. The topological polar surface area (TPSA) is 18.5 Å². The van der Waals surface area contributed by atoms with Gasteiger partial charge in [0.05, 0.1) is 18.9 Å². The van der Waals surface area contributed by atoms with Crippen molar-refractivity contribution < 1.29 is 9.05 Å². The van der Waals surface area contributed by atoms with Crippen LogP contribution in [0.4, 0.5) is 0 Å². The van der Waals surface area contributed by atoms with E-state index in [1.165, 1.54) is 0 Å². The van der Waals surface area contributed by atoms with Gasteiger partial charge in [0.1, 0.15) is 0 Å². The molecule has 2 nitrogen and oxygen atoms in total. The zero-order valence-corrected chi connectivity index (χ0v) is 9.44. The average Bonchev–Trinajstić information content (AvgIpc) is 1.97. The lowest BCUT2D eigenvalue weighted by atomic mass is 10.5. The minimum Gasteiger partial charge on any atom is -0.691 e. The SMILES string of the molecule is CCCOP(=S)([S-])OCCC. The van der Waals surface area contributed by atoms with E-state index in [0.717, 1.165) is 12.8 Å². The highest BCUT2D eigenvalue weighted by atomic mass is 32.9. The fraction of sp³-hybridized carbons (Fsp3) is 1.00. The van der Waals surface area contributed by atoms with E-state index in [4.69, 9.17) is 33.1 Å². The highest BCUT2D eigenvalue weighted by molar-refractivity contribution is 8.51. The quantitative estimate of drug-likeness (QED) is 0.498. The molecule has 0 radical (unpaired) electrons. The fourth-order valence-corrected chi connectivity index (χ4v) is 2.22. The van der Waals surface area contributed by atoms with Crippen molar-refractivity contribution in [2.24, 2.45) is 0 Å². The van der Waals surface area contributed by atoms with Crippen molar-refractivity contribution in [1.29, 1.82) is 0 Å². The Morgan fingerprint density at radius 2 is 1.55 bits per heavy atom. The van der Waals surface area contributed by atoms with Crippen molar-refractivity contribution in [3.05, 3.63) is 0 Å². The summed E-state index contributed by atoms with van der Waals surface area (Å²) in [6.45, 7) is 5.27. The van der Waals surface area contributed by atoms with Crippen LogP contribution < -0.4 is 0 Å². The molecule has 68 valence electrons. The second-order valence-corrected chi connectivity index (χ2v) is 7.10. The van der Waals surface area contributed by atoms with Crippen LogP contribution in [0.2, 0.25) is 0 Å². The molecule has 0 spiro atoms. The molecule has 11 heavy (non-hydrogen) atoms. The molecule has 0 aliphatic carbocycles. The summed E-state index contributed by atoms with van der Waals surface area (Å²) < 4.78 is 10.4. The maximum atomic E-state index is 5.20. The largest absolute Gasteiger partial charge is 0.691 e. The lowest BCUT2D eigenvalue weighted by molar-refractivity contribution is 0.260. The third-order valence-corrected chi connectivity index (χ3v) is 3.17. The van der Waals surface area contributed by atoms with E-state index >= 15 is 0 Å². The molecule has 0 unspecified atom stereocenters. The molecule has 0 atom stereocenters. The highest BCUT2D eigenvalue weighted by Gasteiger charge is 1.98. The molecule has 0 saturated carbocycles. The van der Waals surface area contributed by atoms with E-state index in [1.807, 2.05) is 13.8 Å². The first kappa shape index (κ1) is 11.9. The van der Waals surface area contributed by atoms with Crippen LogP contribution in [-0.2, 0) is 33.1 Å². The standard InChI is InChI=1S/C6H15O2PS2/c1-3-5-7-9(10,11)8-6-4-2/h3-6H2,1-2H3,(H,10,11)/p-1. The molecule has 0 aliphatic heterocycles. The van der Waals surface area contributed by atoms with Gasteiger partial charge in [-0.05, 0) is 12.8 Å². The molecule has 0 fully saturated rings. The van der Waals surface area contributed by atoms with Gasteiger partial charge in [0.15, 0.2) is 0 Å². The van der Waals surface area contributed by atoms with Gasteiger partial charge in [-0.1, -0.05) is 25.7 Å². The zero-order chi connectivity index (χ0) is 8.74. The van der Waals surface area contributed by atoms with Gasteiger partial charge in [0, 0.05) is 0 Å². The van der Waals surface area contributed by atoms with Crippen LogP contribution in [0.3, 0.4) is 0 Å². The minimum atomic E-state index is -2.31. The summed E-state index contributed by atoms with van der Waals surface area (Å²) in [5, 5.41) is 0. The van der Waals surface area contributed by atoms with E-state index in [-0.39, 0.29) is 0 Å². The third kappa shape index (κ3) is 7.29. The van der Waals surface area contributed by atoms with Crippen LogP contribution in [0, 0.1) is 0 Å². The summed E-state index contributed by atoms with van der Waals surface area (Å²) in [5.41, 5.74) is -2.31. The Bertz CT molecular complexity index is 129. The monoisotopic (exact) mass is 213 g/mol. The summed E-state index contributed by atoms with van der Waals surface area (Å²) in [5.74, 6) is 0. The second-order valence-electron chi connectivity index (χ2n) is 2.11. The second kappa shape index (κ2) is 6.44. The normalized spacial score (nSPS) is 11.9. The Labute approximate surface area is 79.0 Å². The predicted molar refractivity (Wildman–Crippen MR) is 54.1 cm³/mol. The first-order valence-electron chi connectivity index (χ1n) is 3.72. The molecule has 0 saturated heterocycles. The van der Waals surface area contributed by atoms with Crippen LogP contribution >= 0.6 is 5.69 Å². The Morgan fingerprint density at radius 1 is 1.18 bits per heavy atom. The van der Waals surface area contributed by atoms with Crippen LogP contribution in [0.5, 0.6) is 0 Å². The maximum Gasteiger partial charge on any atom is 0.0563 e. The van der Waals surface area contributed by atoms with Gasteiger partial charge < -0.3 is 21.3 Å². The van der Waals surface area contributed by atoms with Gasteiger partial charge in [-0.25, -0.2) is 0 Å². The van der Waals surface area contributed by atoms with Crippen LogP contribution in [-0.4, -0.2) is 13.2 Å². The highest BCUT2D eigenvalue weighted by Crippen LogP contribution is 2.45. The molecule has 0 N–H and O–H groups in total. The number of hydrogen-bond acceptors (Lipinski definition) is 4. The Balaban J connectivity index is 3.53. The molecular formula is C6H14O2PS2-. The lowest BCUT2D eigenvalue weighted by Crippen LogP contribution is -1.94. The van der Waals surface area contributed by atoms with Gasteiger partial charge in [0.2, 0.25) is 0 Å². The van der Waals surface area contributed by atoms with Crippen LogP contribution in [0.15, 0.2) is 0 Å². The van der Waals surface area contributed by atoms with Crippen molar-refractivity contribution in [1.82, 2.24) is 0 Å². The molecule has 0 heterocycles. The first-order chi connectivity index (χ1) is 5.12. The van der Waals surface area contributed by atoms with Gasteiger partial charge in [-0.15, -0.1) is 0 Å². The van der Waals surface area contributed by atoms with E-state index in [9.17, 15) is 0 Å². The van der Waals surface area contributed by atoms with Crippen molar-refractivity contribution in [3.63, 3.8) is 0 Å². The van der Waals surface area contributed by atoms with Crippen molar-refractivity contribution in [2.45, 2.75) is 26.7 Å². The van der Waals surface area contributed by atoms with Crippen LogP contribution in [0.25, 0.3) is 0 Å². The molecule has 0 aromatic rings. The fourth-order valence-electron chi connectivity index (χ4n) is 0.443. The number of hydrogen-bond donors (Lipinski definition) is 0. The molecule has 0 aliphatic rings. The van der Waals surface area contributed by atoms with E-state index in [1.54, 1.807) is 0 Å². The summed E-state index contributed by atoms with van der Waals surface area (Å²) in [6, 6.07) is 0. The summed E-state index contributed by atoms with van der Waals surface area (Å²) in [7, 11) is 0. The lowest BCUT2D eigenvalue weighted by Gasteiger charge is -2.27. The zero-order valence-electron chi connectivity index (χ0n) is 6.91. The smallest absolute Gasteiger partial charge is 0.0563 e. The van der Waals surface area contributed by atoms with Gasteiger partial charge in [0.25, 0.3) is 0 Å². The first-order valence-corrected chi connectivity index (χ1v) is 7.37. The van der Waals surface area contributed by atoms with Gasteiger partial charge >= 0.3 is 0 Å². The van der Waals surface area contributed by atoms with Crippen molar-refractivity contribution >= 4 is 29.7 Å². The molecule has 5 heteroatoms. The van der Waals surface area contributed by atoms with E-state index in [0.29, 0.717) is 13.2 Å². The number of rotatable bonds is 6. The summed E-state index contributed by atoms with van der Waals surface area (Å²) in [6.07, 6.45) is 1.87. The molecule has 0 rings (SSSR count). The summed E-state index contributed by atoms with van der Waals surface area (Å²) >= 11 is 9.91. The Hall–Kier alpha value is 0.920. The Kier molecular flexibility index (Phi) is 6.98. The third-order valence-electron chi connectivity index (χ3n) is 0.907. The minimum absolute atomic E-state index is 0.616. The molecule has 0 aromatic carbocycles. The molecular weight excluding hydrogens is 199 g/mol. The van der Waals surface area contributed by atoms with E-state index in [2.05, 4.69) is 0 Å². The Morgan fingerprint density at radius 3 is 1.82 bits per heavy atom. The van der Waals surface area contributed by atoms with E-state index < -0.39 is 5.69 Å². The van der Waals surface area contributed by atoms with Gasteiger partial charge in [-0.2, -0.15) is 0 Å². The van der Waals surface area contributed by atoms with Crippen LogP contribution in [0.1, 0.15) is 26.7 Å². The summed E-state index contributed by atoms with van der Waals surface area (Å²) in [4.78, 5) is 0. The van der Waals surface area contributed by atoms with Crippen molar-refractivity contribution in [3.8, 4) is 0 Å². The van der Waals surface area contributed by atoms with Crippen molar-refractivity contribution in [2.75, 3.05) is 13.2 Å². The molecule has 0 aromatic heterocycles.